The van der Waals surface area contributed by atoms with E-state index in [1.807, 2.05) is 0 Å². The normalized spacial score (nSPS) is 13.7. The van der Waals surface area contributed by atoms with Crippen molar-refractivity contribution in [3.63, 3.8) is 0 Å². The van der Waals surface area contributed by atoms with E-state index in [4.69, 9.17) is 10.8 Å². The summed E-state index contributed by atoms with van der Waals surface area (Å²) in [6, 6.07) is 1.62. The van der Waals surface area contributed by atoms with Gasteiger partial charge in [-0.25, -0.2) is 9.18 Å². The lowest BCUT2D eigenvalue weighted by molar-refractivity contribution is -0.109. The number of carboxylic acids is 1. The van der Waals surface area contributed by atoms with Gasteiger partial charge >= 0.3 is 5.97 Å². The lowest BCUT2D eigenvalue weighted by Crippen LogP contribution is -2.21. The molecule has 0 bridgehead atoms. The molecule has 5 N–H and O–H groups in total. The number of benzene rings is 1. The van der Waals surface area contributed by atoms with Crippen molar-refractivity contribution >= 4 is 28.5 Å². The molecule has 0 saturated carbocycles. The first-order valence-electron chi connectivity index (χ1n) is 6.05. The smallest absolute Gasteiger partial charge is 0.337 e. The molecule has 0 heterocycles. The fraction of sp³-hybridized carbons (Fsp3) is 0.385. The second-order valence-electron chi connectivity index (χ2n) is 4.40. The van der Waals surface area contributed by atoms with Crippen molar-refractivity contribution in [2.45, 2.75) is 25.6 Å². The van der Waals surface area contributed by atoms with Crippen LogP contribution < -0.4 is 5.73 Å². The number of hydrogen-bond acceptors (Lipinski definition) is 6. The number of nitrogens with two attached hydrogens (primary N) is 1. The number of halogens is 1. The number of nitrogen functional groups attached to an aromatic ring is 1. The minimum Gasteiger partial charge on any atom is -0.478 e. The molecule has 21 heavy (non-hydrogen) atoms. The van der Waals surface area contributed by atoms with Crippen LogP contribution in [0, 0.1) is 5.82 Å². The maximum Gasteiger partial charge on any atom is 0.337 e. The molecule has 0 aliphatic carbocycles. The standard InChI is InChI=1S/C13H16FNO5S/c1-6(16)21-3-2-10(17)12(18)8-4-7(14)5-9(11(8)15)13(19)20/h4-5,10,12,17-18H,2-3,15H2,1H3,(H,19,20). The van der Waals surface area contributed by atoms with Gasteiger partial charge in [0.1, 0.15) is 11.9 Å². The Balaban J connectivity index is 2.93. The Bertz CT molecular complexity index is 552. The molecule has 0 radical (unpaired) electrons. The average Bonchev–Trinajstić information content (AvgIpc) is 2.39. The molecule has 0 spiro atoms. The van der Waals surface area contributed by atoms with Crippen LogP contribution in [0.2, 0.25) is 0 Å². The van der Waals surface area contributed by atoms with E-state index in [2.05, 4.69) is 0 Å². The highest BCUT2D eigenvalue weighted by Crippen LogP contribution is 2.29. The summed E-state index contributed by atoms with van der Waals surface area (Å²) in [7, 11) is 0. The maximum absolute atomic E-state index is 13.4. The van der Waals surface area contributed by atoms with Gasteiger partial charge in [-0.15, -0.1) is 0 Å². The number of carbonyl (C=O) groups is 2. The van der Waals surface area contributed by atoms with Crippen molar-refractivity contribution in [1.29, 1.82) is 0 Å². The van der Waals surface area contributed by atoms with E-state index in [9.17, 15) is 24.2 Å². The second-order valence-corrected chi connectivity index (χ2v) is 5.67. The minimum atomic E-state index is -1.54. The van der Waals surface area contributed by atoms with Crippen LogP contribution in [0.1, 0.15) is 35.4 Å². The zero-order chi connectivity index (χ0) is 16.2. The highest BCUT2D eigenvalue weighted by atomic mass is 32.2. The number of thioether (sulfide) groups is 1. The number of aliphatic hydroxyl groups excluding tert-OH is 2. The van der Waals surface area contributed by atoms with Crippen molar-refractivity contribution in [1.82, 2.24) is 0 Å². The van der Waals surface area contributed by atoms with E-state index in [0.29, 0.717) is 0 Å². The van der Waals surface area contributed by atoms with Crippen LogP contribution in [0.15, 0.2) is 12.1 Å². The van der Waals surface area contributed by atoms with Gasteiger partial charge in [-0.1, -0.05) is 11.8 Å². The highest BCUT2D eigenvalue weighted by Gasteiger charge is 2.24. The molecular weight excluding hydrogens is 301 g/mol. The molecule has 0 aromatic heterocycles. The van der Waals surface area contributed by atoms with E-state index in [-0.39, 0.29) is 28.5 Å². The zero-order valence-electron chi connectivity index (χ0n) is 11.2. The van der Waals surface area contributed by atoms with Crippen molar-refractivity contribution in [2.75, 3.05) is 11.5 Å². The second kappa shape index (κ2) is 7.39. The van der Waals surface area contributed by atoms with E-state index < -0.39 is 29.6 Å². The Kier molecular flexibility index (Phi) is 6.13. The van der Waals surface area contributed by atoms with Gasteiger partial charge in [0.2, 0.25) is 0 Å². The summed E-state index contributed by atoms with van der Waals surface area (Å²) in [6.07, 6.45) is -2.75. The van der Waals surface area contributed by atoms with Gasteiger partial charge in [-0.2, -0.15) is 0 Å². The van der Waals surface area contributed by atoms with Gasteiger partial charge in [0.25, 0.3) is 0 Å². The van der Waals surface area contributed by atoms with Crippen LogP contribution in [-0.4, -0.2) is 38.3 Å². The Morgan fingerprint density at radius 2 is 2.00 bits per heavy atom. The third kappa shape index (κ3) is 4.69. The van der Waals surface area contributed by atoms with Crippen molar-refractivity contribution < 1.29 is 29.3 Å². The van der Waals surface area contributed by atoms with Gasteiger partial charge in [0, 0.05) is 18.2 Å². The highest BCUT2D eigenvalue weighted by molar-refractivity contribution is 8.13. The summed E-state index contributed by atoms with van der Waals surface area (Å²) in [5.41, 5.74) is 4.63. The topological polar surface area (TPSA) is 121 Å². The van der Waals surface area contributed by atoms with Gasteiger partial charge < -0.3 is 21.1 Å². The Hall–Kier alpha value is -1.64. The molecule has 8 heteroatoms. The Morgan fingerprint density at radius 3 is 2.52 bits per heavy atom. The third-order valence-electron chi connectivity index (χ3n) is 2.81. The lowest BCUT2D eigenvalue weighted by Gasteiger charge is -2.20. The predicted octanol–water partition coefficient (Wildman–Crippen LogP) is 1.17. The number of anilines is 1. The predicted molar refractivity (Wildman–Crippen MR) is 76.5 cm³/mol. The molecule has 1 aromatic carbocycles. The molecule has 1 rings (SSSR count). The number of hydrogen-bond donors (Lipinski definition) is 4. The number of aliphatic hydroxyl groups is 2. The third-order valence-corrected chi connectivity index (χ3v) is 3.66. The van der Waals surface area contributed by atoms with Crippen molar-refractivity contribution in [3.05, 3.63) is 29.1 Å². The summed E-state index contributed by atoms with van der Waals surface area (Å²) in [5.74, 6) is -2.03. The van der Waals surface area contributed by atoms with Gasteiger partial charge in [-0.3, -0.25) is 4.79 Å². The molecule has 0 aliphatic rings. The summed E-state index contributed by atoms with van der Waals surface area (Å²) in [4.78, 5) is 21.7. The van der Waals surface area contributed by atoms with E-state index in [0.717, 1.165) is 23.9 Å². The monoisotopic (exact) mass is 317 g/mol. The average molecular weight is 317 g/mol. The molecular formula is C13H16FNO5S. The molecule has 0 amide bonds. The van der Waals surface area contributed by atoms with Gasteiger partial charge in [0.05, 0.1) is 17.4 Å². The SMILES string of the molecule is CC(=O)SCCC(O)C(O)c1cc(F)cc(C(=O)O)c1N. The summed E-state index contributed by atoms with van der Waals surface area (Å²) in [5, 5.41) is 28.6. The van der Waals surface area contributed by atoms with Crippen LogP contribution in [0.4, 0.5) is 10.1 Å². The fourth-order valence-electron chi connectivity index (χ4n) is 1.75. The number of aromatic carboxylic acids is 1. The molecule has 116 valence electrons. The number of carbonyl (C=O) groups excluding carboxylic acids is 1. The van der Waals surface area contributed by atoms with E-state index in [1.54, 1.807) is 0 Å². The van der Waals surface area contributed by atoms with Crippen LogP contribution in [0.25, 0.3) is 0 Å². The fourth-order valence-corrected chi connectivity index (χ4v) is 2.40. The van der Waals surface area contributed by atoms with E-state index >= 15 is 0 Å². The first-order chi connectivity index (χ1) is 9.73. The van der Waals surface area contributed by atoms with Crippen molar-refractivity contribution in [2.24, 2.45) is 0 Å². The summed E-state index contributed by atoms with van der Waals surface area (Å²) >= 11 is 0.978. The molecule has 6 nitrogen and oxygen atoms in total. The first kappa shape index (κ1) is 17.4. The van der Waals surface area contributed by atoms with Crippen LogP contribution >= 0.6 is 11.8 Å². The summed E-state index contributed by atoms with van der Waals surface area (Å²) < 4.78 is 13.4. The zero-order valence-corrected chi connectivity index (χ0v) is 12.1. The molecule has 2 atom stereocenters. The number of carboxylic acid groups (broad SMARTS) is 1. The summed E-state index contributed by atoms with van der Waals surface area (Å²) in [6.45, 7) is 1.37. The largest absolute Gasteiger partial charge is 0.478 e. The van der Waals surface area contributed by atoms with Gasteiger partial charge in [-0.05, 0) is 18.6 Å². The molecule has 0 fully saturated rings. The number of rotatable bonds is 6. The quantitative estimate of drug-likeness (QED) is 0.581. The molecule has 1 aromatic rings. The molecule has 2 unspecified atom stereocenters. The van der Waals surface area contributed by atoms with Gasteiger partial charge in [0.15, 0.2) is 5.12 Å². The van der Waals surface area contributed by atoms with Crippen LogP contribution in [0.5, 0.6) is 0 Å². The first-order valence-corrected chi connectivity index (χ1v) is 7.04. The Morgan fingerprint density at radius 1 is 1.38 bits per heavy atom. The van der Waals surface area contributed by atoms with Crippen molar-refractivity contribution in [3.8, 4) is 0 Å². The van der Waals surface area contributed by atoms with Crippen LogP contribution in [0.3, 0.4) is 0 Å². The molecule has 0 aliphatic heterocycles. The minimum absolute atomic E-state index is 0.0732. The molecule has 0 saturated heterocycles. The van der Waals surface area contributed by atoms with E-state index in [1.165, 1.54) is 6.92 Å². The van der Waals surface area contributed by atoms with Crippen LogP contribution in [-0.2, 0) is 4.79 Å². The maximum atomic E-state index is 13.4. The lowest BCUT2D eigenvalue weighted by atomic mass is 9.98. The Labute approximate surface area is 124 Å².